The maximum Gasteiger partial charge on any atom is 0.00272 e. The third-order valence-electron chi connectivity index (χ3n) is 6.40. The second-order valence-corrected chi connectivity index (χ2v) is 7.39. The molecule has 0 saturated heterocycles. The van der Waals surface area contributed by atoms with Gasteiger partial charge >= 0.3 is 0 Å². The maximum atomic E-state index is 2.55. The van der Waals surface area contributed by atoms with E-state index in [1.54, 1.807) is 16.7 Å². The van der Waals surface area contributed by atoms with Gasteiger partial charge in [0.1, 0.15) is 0 Å². The third kappa shape index (κ3) is 1.60. The van der Waals surface area contributed by atoms with Crippen LogP contribution in [0.5, 0.6) is 0 Å². The summed E-state index contributed by atoms with van der Waals surface area (Å²) < 4.78 is 0. The van der Waals surface area contributed by atoms with E-state index in [4.69, 9.17) is 0 Å². The zero-order chi connectivity index (χ0) is 13.7. The van der Waals surface area contributed by atoms with Crippen molar-refractivity contribution in [2.24, 2.45) is 11.8 Å². The summed E-state index contributed by atoms with van der Waals surface area (Å²) in [5.74, 6) is 2.41. The van der Waals surface area contributed by atoms with Crippen LogP contribution in [0.3, 0.4) is 0 Å². The summed E-state index contributed by atoms with van der Waals surface area (Å²) in [5.41, 5.74) is 5.64. The highest BCUT2D eigenvalue weighted by molar-refractivity contribution is 5.48. The Kier molecular flexibility index (Phi) is 2.84. The number of fused-ring (bicyclic) bond motifs is 5. The Balaban J connectivity index is 1.90. The average Bonchev–Trinajstić information content (AvgIpc) is 3.07. The maximum absolute atomic E-state index is 2.55. The molecule has 2 bridgehead atoms. The van der Waals surface area contributed by atoms with E-state index >= 15 is 0 Å². The summed E-state index contributed by atoms with van der Waals surface area (Å²) in [7, 11) is 0. The van der Waals surface area contributed by atoms with Crippen molar-refractivity contribution in [1.82, 2.24) is 0 Å². The van der Waals surface area contributed by atoms with Crippen LogP contribution in [0.2, 0.25) is 0 Å². The zero-order valence-corrected chi connectivity index (χ0v) is 12.9. The van der Waals surface area contributed by atoms with E-state index in [0.29, 0.717) is 11.3 Å². The molecule has 0 N–H and O–H groups in total. The molecule has 0 nitrogen and oxygen atoms in total. The van der Waals surface area contributed by atoms with Crippen molar-refractivity contribution in [3.8, 4) is 0 Å². The Morgan fingerprint density at radius 2 is 2.20 bits per heavy atom. The molecule has 4 atom stereocenters. The minimum atomic E-state index is 0.507. The van der Waals surface area contributed by atoms with Gasteiger partial charge in [0, 0.05) is 5.41 Å². The number of hydrogen-bond acceptors (Lipinski definition) is 0. The highest BCUT2D eigenvalue weighted by Gasteiger charge is 2.51. The molecule has 20 heavy (non-hydrogen) atoms. The number of allylic oxidation sites excluding steroid dienone is 2. The minimum Gasteiger partial charge on any atom is -0.0851 e. The van der Waals surface area contributed by atoms with Gasteiger partial charge in [0.2, 0.25) is 0 Å². The Morgan fingerprint density at radius 1 is 1.30 bits per heavy atom. The minimum absolute atomic E-state index is 0.507. The highest BCUT2D eigenvalue weighted by Crippen LogP contribution is 2.59. The number of rotatable bonds is 2. The van der Waals surface area contributed by atoms with Crippen LogP contribution >= 0.6 is 0 Å². The van der Waals surface area contributed by atoms with Crippen LogP contribution in [0.25, 0.3) is 0 Å². The van der Waals surface area contributed by atoms with Crippen molar-refractivity contribution in [2.45, 2.75) is 63.7 Å². The standard InChI is InChI=1S/C20H26/c1-3-14(2)18-8-4-6-16-7-5-11-20(19(16)18)13-15-9-10-17(20)12-15/h4,6,8-10,14-15,17H,3,5,7,11-13H2,1-2H3. The molecule has 0 aliphatic heterocycles. The first-order valence-electron chi connectivity index (χ1n) is 8.55. The van der Waals surface area contributed by atoms with Crippen molar-refractivity contribution < 1.29 is 0 Å². The van der Waals surface area contributed by atoms with Crippen LogP contribution in [0.1, 0.15) is 68.6 Å². The van der Waals surface area contributed by atoms with E-state index in [0.717, 1.165) is 11.8 Å². The first kappa shape index (κ1) is 12.7. The Labute approximate surface area is 123 Å². The first-order chi connectivity index (χ1) is 9.74. The van der Waals surface area contributed by atoms with Gasteiger partial charge in [-0.25, -0.2) is 0 Å². The fraction of sp³-hybridized carbons (Fsp3) is 0.600. The number of hydrogen-bond donors (Lipinski definition) is 0. The van der Waals surface area contributed by atoms with Crippen molar-refractivity contribution in [2.75, 3.05) is 0 Å². The van der Waals surface area contributed by atoms with Crippen molar-refractivity contribution in [1.29, 1.82) is 0 Å². The molecule has 0 amide bonds. The van der Waals surface area contributed by atoms with Crippen LogP contribution in [0.15, 0.2) is 30.4 Å². The molecule has 1 saturated carbocycles. The average molecular weight is 266 g/mol. The molecular formula is C20H26. The van der Waals surface area contributed by atoms with Gasteiger partial charge in [-0.3, -0.25) is 0 Å². The molecule has 0 aromatic heterocycles. The van der Waals surface area contributed by atoms with Crippen molar-refractivity contribution in [3.05, 3.63) is 47.0 Å². The second kappa shape index (κ2) is 4.48. The van der Waals surface area contributed by atoms with Gasteiger partial charge in [-0.15, -0.1) is 0 Å². The normalized spacial score (nSPS) is 35.5. The van der Waals surface area contributed by atoms with Crippen LogP contribution < -0.4 is 0 Å². The van der Waals surface area contributed by atoms with E-state index in [-0.39, 0.29) is 0 Å². The summed E-state index contributed by atoms with van der Waals surface area (Å²) in [6.45, 7) is 4.75. The molecule has 3 aliphatic carbocycles. The lowest BCUT2D eigenvalue weighted by atomic mass is 9.61. The SMILES string of the molecule is CCC(C)c1cccc2c1C1(CCC2)CC2C=CC1C2. The van der Waals surface area contributed by atoms with Gasteiger partial charge in [-0.2, -0.15) is 0 Å². The van der Waals surface area contributed by atoms with E-state index in [2.05, 4.69) is 44.2 Å². The summed E-state index contributed by atoms with van der Waals surface area (Å²) in [6, 6.07) is 7.15. The lowest BCUT2D eigenvalue weighted by Crippen LogP contribution is -2.36. The van der Waals surface area contributed by atoms with Gasteiger partial charge < -0.3 is 0 Å². The quantitative estimate of drug-likeness (QED) is 0.631. The molecular weight excluding hydrogens is 240 g/mol. The van der Waals surface area contributed by atoms with E-state index in [1.165, 1.54) is 38.5 Å². The molecule has 0 radical (unpaired) electrons. The Hall–Kier alpha value is -1.04. The topological polar surface area (TPSA) is 0 Å². The Bertz CT molecular complexity index is 553. The summed E-state index contributed by atoms with van der Waals surface area (Å²) in [6.07, 6.45) is 13.3. The molecule has 1 spiro atoms. The fourth-order valence-corrected chi connectivity index (χ4v) is 5.32. The van der Waals surface area contributed by atoms with Gasteiger partial charge in [0.05, 0.1) is 0 Å². The lowest BCUT2D eigenvalue weighted by Gasteiger charge is -2.43. The summed E-state index contributed by atoms with van der Waals surface area (Å²) in [5, 5.41) is 0. The zero-order valence-electron chi connectivity index (χ0n) is 12.9. The molecule has 0 heteroatoms. The van der Waals surface area contributed by atoms with Gasteiger partial charge in [0.15, 0.2) is 0 Å². The summed E-state index contributed by atoms with van der Waals surface area (Å²) in [4.78, 5) is 0. The largest absolute Gasteiger partial charge is 0.0851 e. The van der Waals surface area contributed by atoms with Crippen molar-refractivity contribution in [3.63, 3.8) is 0 Å². The molecule has 4 rings (SSSR count). The molecule has 3 aliphatic rings. The van der Waals surface area contributed by atoms with Crippen LogP contribution in [-0.4, -0.2) is 0 Å². The van der Waals surface area contributed by atoms with Crippen LogP contribution in [0, 0.1) is 11.8 Å². The Morgan fingerprint density at radius 3 is 2.90 bits per heavy atom. The molecule has 4 unspecified atom stereocenters. The van der Waals surface area contributed by atoms with E-state index in [1.807, 2.05) is 0 Å². The highest BCUT2D eigenvalue weighted by atomic mass is 14.5. The van der Waals surface area contributed by atoms with Gasteiger partial charge in [0.25, 0.3) is 0 Å². The monoisotopic (exact) mass is 266 g/mol. The molecule has 106 valence electrons. The predicted molar refractivity (Wildman–Crippen MR) is 85.1 cm³/mol. The number of benzene rings is 1. The predicted octanol–water partition coefficient (Wildman–Crippen LogP) is 5.37. The first-order valence-corrected chi connectivity index (χ1v) is 8.55. The van der Waals surface area contributed by atoms with Crippen LogP contribution in [0.4, 0.5) is 0 Å². The summed E-state index contributed by atoms with van der Waals surface area (Å²) >= 11 is 0. The lowest BCUT2D eigenvalue weighted by molar-refractivity contribution is 0.299. The molecule has 1 aromatic carbocycles. The fourth-order valence-electron chi connectivity index (χ4n) is 5.32. The second-order valence-electron chi connectivity index (χ2n) is 7.39. The molecule has 0 heterocycles. The van der Waals surface area contributed by atoms with Crippen LogP contribution in [-0.2, 0) is 11.8 Å². The van der Waals surface area contributed by atoms with E-state index in [9.17, 15) is 0 Å². The smallest absolute Gasteiger partial charge is 0.00272 e. The molecule has 1 fully saturated rings. The molecule has 1 aromatic rings. The van der Waals surface area contributed by atoms with Crippen molar-refractivity contribution >= 4 is 0 Å². The number of aryl methyl sites for hydroxylation is 1. The van der Waals surface area contributed by atoms with Gasteiger partial charge in [-0.1, -0.05) is 44.2 Å². The van der Waals surface area contributed by atoms with Gasteiger partial charge in [-0.05, 0) is 73.0 Å². The van der Waals surface area contributed by atoms with E-state index < -0.39 is 0 Å². The third-order valence-corrected chi connectivity index (χ3v) is 6.40.